The number of ether oxygens (including phenoxy) is 1. The van der Waals surface area contributed by atoms with Crippen molar-refractivity contribution in [2.75, 3.05) is 11.5 Å². The lowest BCUT2D eigenvalue weighted by molar-refractivity contribution is -0.151. The first kappa shape index (κ1) is 16.8. The number of benzene rings is 1. The molecule has 0 aromatic heterocycles. The SMILES string of the molecule is CC(C)(C)OC(=O)CSc1ccc(S(N)(=O)=O)c(N)c1. The second-order valence-corrected chi connectivity index (χ2v) is 7.70. The van der Waals surface area contributed by atoms with Crippen molar-refractivity contribution < 1.29 is 17.9 Å². The molecule has 0 saturated heterocycles. The summed E-state index contributed by atoms with van der Waals surface area (Å²) in [7, 11) is -3.83. The molecule has 0 radical (unpaired) electrons. The van der Waals surface area contributed by atoms with Crippen LogP contribution in [-0.4, -0.2) is 25.7 Å². The summed E-state index contributed by atoms with van der Waals surface area (Å²) in [6.45, 7) is 5.36. The Morgan fingerprint density at radius 2 is 1.95 bits per heavy atom. The largest absolute Gasteiger partial charge is 0.459 e. The molecule has 0 spiro atoms. The predicted octanol–water partition coefficient (Wildman–Crippen LogP) is 1.35. The molecule has 8 heteroatoms. The van der Waals surface area contributed by atoms with Gasteiger partial charge in [0.2, 0.25) is 10.0 Å². The number of hydrogen-bond donors (Lipinski definition) is 2. The fourth-order valence-electron chi connectivity index (χ4n) is 1.39. The smallest absolute Gasteiger partial charge is 0.316 e. The summed E-state index contributed by atoms with van der Waals surface area (Å²) >= 11 is 1.21. The lowest BCUT2D eigenvalue weighted by Gasteiger charge is -2.19. The van der Waals surface area contributed by atoms with Crippen molar-refractivity contribution in [2.24, 2.45) is 5.14 Å². The Bertz CT molecular complexity index is 606. The predicted molar refractivity (Wildman–Crippen MR) is 78.8 cm³/mol. The third kappa shape index (κ3) is 5.40. The molecule has 0 aliphatic rings. The van der Waals surface area contributed by atoms with Gasteiger partial charge in [0.25, 0.3) is 0 Å². The molecular weight excluding hydrogens is 300 g/mol. The first-order valence-corrected chi connectivity index (χ1v) is 8.29. The average Bonchev–Trinajstić information content (AvgIpc) is 2.22. The number of esters is 1. The molecule has 0 atom stereocenters. The first-order chi connectivity index (χ1) is 8.99. The van der Waals surface area contributed by atoms with Gasteiger partial charge in [0.05, 0.1) is 11.4 Å². The van der Waals surface area contributed by atoms with E-state index in [2.05, 4.69) is 0 Å². The van der Waals surface area contributed by atoms with Crippen molar-refractivity contribution in [1.82, 2.24) is 0 Å². The highest BCUT2D eigenvalue weighted by Gasteiger charge is 2.17. The number of nitrogen functional groups attached to an aromatic ring is 1. The summed E-state index contributed by atoms with van der Waals surface area (Å²) in [5, 5.41) is 5.01. The van der Waals surface area contributed by atoms with Crippen LogP contribution in [0.5, 0.6) is 0 Å². The number of carbonyl (C=O) groups is 1. The first-order valence-electron chi connectivity index (χ1n) is 5.76. The molecule has 1 aromatic carbocycles. The topological polar surface area (TPSA) is 112 Å². The minimum absolute atomic E-state index is 0.0571. The second-order valence-electron chi connectivity index (χ2n) is 5.12. The summed E-state index contributed by atoms with van der Waals surface area (Å²) in [4.78, 5) is 12.1. The van der Waals surface area contributed by atoms with E-state index < -0.39 is 15.6 Å². The van der Waals surface area contributed by atoms with E-state index in [1.54, 1.807) is 26.8 Å². The van der Waals surface area contributed by atoms with Gasteiger partial charge in [-0.05, 0) is 39.0 Å². The third-order valence-corrected chi connectivity index (χ3v) is 4.02. The summed E-state index contributed by atoms with van der Waals surface area (Å²) in [5.41, 5.74) is 5.15. The number of anilines is 1. The highest BCUT2D eigenvalue weighted by atomic mass is 32.2. The van der Waals surface area contributed by atoms with Gasteiger partial charge in [-0.2, -0.15) is 0 Å². The molecule has 0 fully saturated rings. The number of nitrogens with two attached hydrogens (primary N) is 2. The molecule has 20 heavy (non-hydrogen) atoms. The van der Waals surface area contributed by atoms with Gasteiger partial charge >= 0.3 is 5.97 Å². The molecule has 0 saturated carbocycles. The fourth-order valence-corrected chi connectivity index (χ4v) is 2.75. The summed E-state index contributed by atoms with van der Waals surface area (Å²) in [5.74, 6) is -0.234. The highest BCUT2D eigenvalue weighted by Crippen LogP contribution is 2.25. The molecular formula is C12H18N2O4S2. The molecule has 1 rings (SSSR count). The lowest BCUT2D eigenvalue weighted by atomic mass is 10.2. The minimum atomic E-state index is -3.83. The van der Waals surface area contributed by atoms with E-state index in [-0.39, 0.29) is 22.3 Å². The molecule has 6 nitrogen and oxygen atoms in total. The molecule has 0 aliphatic heterocycles. The van der Waals surface area contributed by atoms with Crippen molar-refractivity contribution in [1.29, 1.82) is 0 Å². The van der Waals surface area contributed by atoms with Crippen LogP contribution in [0.15, 0.2) is 28.0 Å². The van der Waals surface area contributed by atoms with Crippen LogP contribution in [0.25, 0.3) is 0 Å². The van der Waals surface area contributed by atoms with Crippen molar-refractivity contribution in [3.05, 3.63) is 18.2 Å². The Hall–Kier alpha value is -1.25. The fraction of sp³-hybridized carbons (Fsp3) is 0.417. The maximum atomic E-state index is 11.6. The number of rotatable bonds is 4. The van der Waals surface area contributed by atoms with Gasteiger partial charge in [-0.25, -0.2) is 13.6 Å². The van der Waals surface area contributed by atoms with Gasteiger partial charge in [0, 0.05) is 4.90 Å². The normalized spacial score (nSPS) is 12.2. The van der Waals surface area contributed by atoms with Crippen LogP contribution in [0.3, 0.4) is 0 Å². The van der Waals surface area contributed by atoms with E-state index in [1.165, 1.54) is 23.9 Å². The van der Waals surface area contributed by atoms with Crippen LogP contribution in [0.2, 0.25) is 0 Å². The van der Waals surface area contributed by atoms with Crippen LogP contribution in [0.1, 0.15) is 20.8 Å². The Morgan fingerprint density at radius 1 is 1.35 bits per heavy atom. The monoisotopic (exact) mass is 318 g/mol. The molecule has 0 heterocycles. The standard InChI is InChI=1S/C12H18N2O4S2/c1-12(2,3)18-11(15)7-19-8-4-5-10(9(13)6-8)20(14,16)17/h4-6H,7,13H2,1-3H3,(H2,14,16,17). The molecule has 0 unspecified atom stereocenters. The van der Waals surface area contributed by atoms with E-state index in [0.29, 0.717) is 4.90 Å². The average molecular weight is 318 g/mol. The zero-order valence-corrected chi connectivity index (χ0v) is 13.2. The Morgan fingerprint density at radius 3 is 2.40 bits per heavy atom. The van der Waals surface area contributed by atoms with Crippen molar-refractivity contribution in [3.63, 3.8) is 0 Å². The quantitative estimate of drug-likeness (QED) is 0.492. The Balaban J connectivity index is 2.72. The van der Waals surface area contributed by atoms with Crippen LogP contribution in [-0.2, 0) is 19.6 Å². The van der Waals surface area contributed by atoms with Gasteiger partial charge in [-0.15, -0.1) is 11.8 Å². The number of carbonyl (C=O) groups excluding carboxylic acids is 1. The van der Waals surface area contributed by atoms with Crippen LogP contribution in [0.4, 0.5) is 5.69 Å². The maximum absolute atomic E-state index is 11.6. The van der Waals surface area contributed by atoms with Gasteiger partial charge in [-0.1, -0.05) is 0 Å². The van der Waals surface area contributed by atoms with Crippen molar-refractivity contribution in [3.8, 4) is 0 Å². The number of primary sulfonamides is 1. The zero-order valence-electron chi connectivity index (χ0n) is 11.5. The maximum Gasteiger partial charge on any atom is 0.316 e. The van der Waals surface area contributed by atoms with E-state index in [4.69, 9.17) is 15.6 Å². The molecule has 112 valence electrons. The summed E-state index contributed by atoms with van der Waals surface area (Å²) in [6.07, 6.45) is 0. The Kier molecular flexibility index (Phi) is 5.06. The lowest BCUT2D eigenvalue weighted by Crippen LogP contribution is -2.24. The Labute approximate surface area is 122 Å². The van der Waals surface area contributed by atoms with E-state index in [0.717, 1.165) is 0 Å². The number of thioether (sulfide) groups is 1. The van der Waals surface area contributed by atoms with Crippen LogP contribution in [0, 0.1) is 0 Å². The second kappa shape index (κ2) is 6.02. The number of sulfonamides is 1. The van der Waals surface area contributed by atoms with E-state index in [1.807, 2.05) is 0 Å². The third-order valence-electron chi connectivity index (χ3n) is 2.06. The van der Waals surface area contributed by atoms with Crippen molar-refractivity contribution >= 4 is 33.4 Å². The highest BCUT2D eigenvalue weighted by molar-refractivity contribution is 8.00. The molecule has 0 aliphatic carbocycles. The van der Waals surface area contributed by atoms with E-state index >= 15 is 0 Å². The van der Waals surface area contributed by atoms with Crippen LogP contribution >= 0.6 is 11.8 Å². The molecule has 1 aromatic rings. The van der Waals surface area contributed by atoms with Gasteiger partial charge in [0.15, 0.2) is 0 Å². The molecule has 0 amide bonds. The summed E-state index contributed by atoms with van der Waals surface area (Å²) < 4.78 is 27.6. The van der Waals surface area contributed by atoms with Crippen molar-refractivity contribution in [2.45, 2.75) is 36.2 Å². The molecule has 4 N–H and O–H groups in total. The summed E-state index contributed by atoms with van der Waals surface area (Å²) in [6, 6.07) is 4.34. The van der Waals surface area contributed by atoms with E-state index in [9.17, 15) is 13.2 Å². The van der Waals surface area contributed by atoms with Crippen LogP contribution < -0.4 is 10.9 Å². The zero-order chi connectivity index (χ0) is 15.6. The minimum Gasteiger partial charge on any atom is -0.459 e. The molecule has 0 bridgehead atoms. The van der Waals surface area contributed by atoms with Gasteiger partial charge in [0.1, 0.15) is 10.5 Å². The number of hydrogen-bond acceptors (Lipinski definition) is 6. The van der Waals surface area contributed by atoms with Gasteiger partial charge < -0.3 is 10.5 Å². The van der Waals surface area contributed by atoms with Gasteiger partial charge in [-0.3, -0.25) is 4.79 Å².